The van der Waals surface area contributed by atoms with Crippen molar-refractivity contribution in [1.82, 2.24) is 24.5 Å². The Bertz CT molecular complexity index is 1040. The molecule has 0 fully saturated rings. The Morgan fingerprint density at radius 2 is 2.00 bits per heavy atom. The summed E-state index contributed by atoms with van der Waals surface area (Å²) in [5.74, 6) is 1.66. The summed E-state index contributed by atoms with van der Waals surface area (Å²) in [6, 6.07) is 16.2. The van der Waals surface area contributed by atoms with E-state index in [1.165, 1.54) is 0 Å². The first-order valence-electron chi connectivity index (χ1n) is 8.40. The zero-order chi connectivity index (χ0) is 17.9. The van der Waals surface area contributed by atoms with Gasteiger partial charge < -0.3 is 14.6 Å². The number of imidazole rings is 1. The summed E-state index contributed by atoms with van der Waals surface area (Å²) < 4.78 is 9.27. The highest BCUT2D eigenvalue weighted by molar-refractivity contribution is 5.78. The number of hydrogen-bond donors (Lipinski definition) is 1. The largest absolute Gasteiger partial charge is 0.497 e. The molecule has 0 unspecified atom stereocenters. The first kappa shape index (κ1) is 16.1. The van der Waals surface area contributed by atoms with Gasteiger partial charge in [0.1, 0.15) is 5.75 Å². The van der Waals surface area contributed by atoms with E-state index in [-0.39, 0.29) is 0 Å². The maximum Gasteiger partial charge on any atom is 0.204 e. The van der Waals surface area contributed by atoms with Crippen LogP contribution in [0, 0.1) is 0 Å². The lowest BCUT2D eigenvalue weighted by molar-refractivity contribution is 0.414. The van der Waals surface area contributed by atoms with Gasteiger partial charge in [0.15, 0.2) is 0 Å². The molecule has 7 nitrogen and oxygen atoms in total. The molecule has 7 heteroatoms. The Hall–Kier alpha value is -3.35. The number of methoxy groups -OCH3 is 1. The average Bonchev–Trinajstić information content (AvgIpc) is 3.24. The predicted molar refractivity (Wildman–Crippen MR) is 100 cm³/mol. The van der Waals surface area contributed by atoms with Crippen molar-refractivity contribution in [2.75, 3.05) is 12.4 Å². The summed E-state index contributed by atoms with van der Waals surface area (Å²) in [5.41, 5.74) is 4.18. The van der Waals surface area contributed by atoms with Gasteiger partial charge in [-0.15, -0.1) is 5.10 Å². The molecule has 2 aromatic carbocycles. The van der Waals surface area contributed by atoms with E-state index in [0.29, 0.717) is 13.1 Å². The van der Waals surface area contributed by atoms with Crippen molar-refractivity contribution < 1.29 is 4.74 Å². The Labute approximate surface area is 151 Å². The van der Waals surface area contributed by atoms with Gasteiger partial charge in [-0.3, -0.25) is 4.68 Å². The van der Waals surface area contributed by atoms with Crippen LogP contribution in [0.1, 0.15) is 11.3 Å². The van der Waals surface area contributed by atoms with Crippen LogP contribution in [-0.4, -0.2) is 31.7 Å². The van der Waals surface area contributed by atoms with E-state index < -0.39 is 0 Å². The fraction of sp³-hybridized carbons (Fsp3) is 0.211. The number of nitrogens with zero attached hydrogens (tertiary/aromatic N) is 5. The van der Waals surface area contributed by atoms with E-state index in [9.17, 15) is 0 Å². The smallest absolute Gasteiger partial charge is 0.204 e. The summed E-state index contributed by atoms with van der Waals surface area (Å²) in [4.78, 5) is 4.75. The van der Waals surface area contributed by atoms with Crippen molar-refractivity contribution in [3.05, 3.63) is 66.0 Å². The average molecular weight is 348 g/mol. The molecule has 4 rings (SSSR count). The van der Waals surface area contributed by atoms with Gasteiger partial charge >= 0.3 is 0 Å². The molecule has 0 atom stereocenters. The van der Waals surface area contributed by atoms with Gasteiger partial charge in [-0.1, -0.05) is 29.5 Å². The molecule has 0 aliphatic carbocycles. The number of benzene rings is 2. The normalized spacial score (nSPS) is 11.0. The first-order valence-corrected chi connectivity index (χ1v) is 8.40. The minimum Gasteiger partial charge on any atom is -0.497 e. The van der Waals surface area contributed by atoms with Crippen molar-refractivity contribution in [1.29, 1.82) is 0 Å². The fourth-order valence-electron chi connectivity index (χ4n) is 2.96. The van der Waals surface area contributed by atoms with Crippen LogP contribution in [0.15, 0.2) is 54.7 Å². The molecule has 4 aromatic rings. The number of rotatable bonds is 6. The minimum atomic E-state index is 0.602. The molecule has 2 heterocycles. The molecule has 0 radical (unpaired) electrons. The van der Waals surface area contributed by atoms with Crippen molar-refractivity contribution in [3.63, 3.8) is 0 Å². The quantitative estimate of drug-likeness (QED) is 0.580. The molecular formula is C19H20N6O. The first-order chi connectivity index (χ1) is 12.7. The highest BCUT2D eigenvalue weighted by Gasteiger charge is 2.12. The molecule has 2 aromatic heterocycles. The van der Waals surface area contributed by atoms with E-state index >= 15 is 0 Å². The molecule has 0 spiro atoms. The number of anilines is 1. The monoisotopic (exact) mass is 348 g/mol. The number of hydrogen-bond acceptors (Lipinski definition) is 5. The lowest BCUT2D eigenvalue weighted by atomic mass is 10.2. The van der Waals surface area contributed by atoms with E-state index in [1.54, 1.807) is 18.0 Å². The number of aromatic nitrogens is 5. The summed E-state index contributed by atoms with van der Waals surface area (Å²) in [5, 5.41) is 11.3. The SMILES string of the molecule is COc1cccc(Cn2c(NCc3cnnn3C)nc3ccccc32)c1. The summed E-state index contributed by atoms with van der Waals surface area (Å²) >= 11 is 0. The summed E-state index contributed by atoms with van der Waals surface area (Å²) in [6.45, 7) is 1.30. The predicted octanol–water partition coefficient (Wildman–Crippen LogP) is 2.83. The number of fused-ring (bicyclic) bond motifs is 1. The second-order valence-corrected chi connectivity index (χ2v) is 6.06. The van der Waals surface area contributed by atoms with E-state index in [0.717, 1.165) is 34.0 Å². The molecule has 1 N–H and O–H groups in total. The molecule has 0 aliphatic rings. The lowest BCUT2D eigenvalue weighted by Gasteiger charge is -2.12. The molecule has 132 valence electrons. The van der Waals surface area contributed by atoms with Gasteiger partial charge in [0, 0.05) is 7.05 Å². The summed E-state index contributed by atoms with van der Waals surface area (Å²) in [6.07, 6.45) is 1.75. The Morgan fingerprint density at radius 3 is 2.81 bits per heavy atom. The van der Waals surface area contributed by atoms with Gasteiger partial charge in [0.25, 0.3) is 0 Å². The highest BCUT2D eigenvalue weighted by atomic mass is 16.5. The number of nitrogens with one attached hydrogen (secondary N) is 1. The van der Waals surface area contributed by atoms with Crippen molar-refractivity contribution in [2.24, 2.45) is 7.05 Å². The second kappa shape index (κ2) is 6.87. The van der Waals surface area contributed by atoms with E-state index in [1.807, 2.05) is 43.4 Å². The third-order valence-corrected chi connectivity index (χ3v) is 4.37. The Morgan fingerprint density at radius 1 is 1.12 bits per heavy atom. The van der Waals surface area contributed by atoms with Crippen molar-refractivity contribution in [2.45, 2.75) is 13.1 Å². The minimum absolute atomic E-state index is 0.602. The zero-order valence-electron chi connectivity index (χ0n) is 14.8. The van der Waals surface area contributed by atoms with Crippen molar-refractivity contribution >= 4 is 17.0 Å². The maximum atomic E-state index is 5.34. The van der Waals surface area contributed by atoms with Crippen LogP contribution < -0.4 is 10.1 Å². The van der Waals surface area contributed by atoms with Gasteiger partial charge in [-0.25, -0.2) is 4.98 Å². The maximum absolute atomic E-state index is 5.34. The molecular weight excluding hydrogens is 328 g/mol. The van der Waals surface area contributed by atoms with Crippen LogP contribution in [-0.2, 0) is 20.1 Å². The number of ether oxygens (including phenoxy) is 1. The van der Waals surface area contributed by atoms with Crippen molar-refractivity contribution in [3.8, 4) is 5.75 Å². The highest BCUT2D eigenvalue weighted by Crippen LogP contribution is 2.23. The second-order valence-electron chi connectivity index (χ2n) is 6.06. The van der Waals surface area contributed by atoms with Gasteiger partial charge in [0.05, 0.1) is 43.1 Å². The lowest BCUT2D eigenvalue weighted by Crippen LogP contribution is -2.11. The molecule has 0 saturated heterocycles. The molecule has 0 saturated carbocycles. The van der Waals surface area contributed by atoms with Crippen LogP contribution in [0.4, 0.5) is 5.95 Å². The van der Waals surface area contributed by atoms with Gasteiger partial charge in [-0.05, 0) is 29.8 Å². The third kappa shape index (κ3) is 3.11. The van der Waals surface area contributed by atoms with E-state index in [4.69, 9.17) is 9.72 Å². The van der Waals surface area contributed by atoms with Crippen LogP contribution in [0.3, 0.4) is 0 Å². The molecule has 0 bridgehead atoms. The number of aryl methyl sites for hydroxylation is 1. The van der Waals surface area contributed by atoms with Crippen LogP contribution >= 0.6 is 0 Å². The van der Waals surface area contributed by atoms with Gasteiger partial charge in [-0.2, -0.15) is 0 Å². The standard InChI is InChI=1S/C19H20N6O/c1-24-15(12-21-23-24)11-20-19-22-17-8-3-4-9-18(17)25(19)13-14-6-5-7-16(10-14)26-2/h3-10,12H,11,13H2,1-2H3,(H,20,22). The number of para-hydroxylation sites is 2. The Kier molecular flexibility index (Phi) is 4.27. The van der Waals surface area contributed by atoms with Crippen LogP contribution in [0.25, 0.3) is 11.0 Å². The topological polar surface area (TPSA) is 69.8 Å². The van der Waals surface area contributed by atoms with Crippen LogP contribution in [0.5, 0.6) is 5.75 Å². The zero-order valence-corrected chi connectivity index (χ0v) is 14.8. The Balaban J connectivity index is 1.68. The van der Waals surface area contributed by atoms with Crippen LogP contribution in [0.2, 0.25) is 0 Å². The molecule has 26 heavy (non-hydrogen) atoms. The third-order valence-electron chi connectivity index (χ3n) is 4.37. The fourth-order valence-corrected chi connectivity index (χ4v) is 2.96. The molecule has 0 aliphatic heterocycles. The molecule has 0 amide bonds. The van der Waals surface area contributed by atoms with Gasteiger partial charge in [0.2, 0.25) is 5.95 Å². The summed E-state index contributed by atoms with van der Waals surface area (Å²) in [7, 11) is 3.56. The van der Waals surface area contributed by atoms with E-state index in [2.05, 4.69) is 32.3 Å².